The number of carbonyl (C=O) groups is 2. The summed E-state index contributed by atoms with van der Waals surface area (Å²) < 4.78 is 1.45. The lowest BCUT2D eigenvalue weighted by atomic mass is 10.2. The van der Waals surface area contributed by atoms with Gasteiger partial charge in [0.15, 0.2) is 0 Å². The fourth-order valence-electron chi connectivity index (χ4n) is 3.13. The first-order chi connectivity index (χ1) is 14.1. The number of hydrazine groups is 1. The molecule has 2 aromatic carbocycles. The lowest BCUT2D eigenvalue weighted by Crippen LogP contribution is -2.38. The van der Waals surface area contributed by atoms with Gasteiger partial charge in [-0.05, 0) is 31.2 Å². The van der Waals surface area contributed by atoms with Gasteiger partial charge in [-0.2, -0.15) is 0 Å². The highest BCUT2D eigenvalue weighted by molar-refractivity contribution is 8.01. The van der Waals surface area contributed by atoms with E-state index in [0.717, 1.165) is 10.6 Å². The molecule has 1 unspecified atom stereocenters. The second-order valence-electron chi connectivity index (χ2n) is 6.47. The van der Waals surface area contributed by atoms with Crippen LogP contribution in [-0.2, 0) is 16.1 Å². The number of anilines is 2. The van der Waals surface area contributed by atoms with Gasteiger partial charge in [-0.1, -0.05) is 24.3 Å². The van der Waals surface area contributed by atoms with Gasteiger partial charge in [-0.25, -0.2) is 4.98 Å². The van der Waals surface area contributed by atoms with E-state index in [0.29, 0.717) is 17.4 Å². The van der Waals surface area contributed by atoms with Crippen molar-refractivity contribution in [2.24, 2.45) is 0 Å². The molecule has 9 heteroatoms. The highest BCUT2D eigenvalue weighted by atomic mass is 32.2. The SMILES string of the molecule is CCn1c(NNC(=O)CC2Sc3ccccc3NC2=O)nc2ccccc2c1=O. The standard InChI is InChI=1S/C20H19N5O3S/c1-2-25-19(28)12-7-3-4-8-13(12)22-20(25)24-23-17(26)11-16-18(27)21-14-9-5-6-10-15(14)29-16/h3-10,16H,2,11H2,1H3,(H,21,27)(H,22,24)(H,23,26). The predicted octanol–water partition coefficient (Wildman–Crippen LogP) is 2.36. The Morgan fingerprint density at radius 3 is 2.76 bits per heavy atom. The van der Waals surface area contributed by atoms with Gasteiger partial charge in [0.2, 0.25) is 17.8 Å². The number of carbonyl (C=O) groups excluding carboxylic acids is 2. The second kappa shape index (κ2) is 7.96. The minimum absolute atomic E-state index is 0.0121. The molecule has 3 N–H and O–H groups in total. The zero-order valence-corrected chi connectivity index (χ0v) is 16.5. The van der Waals surface area contributed by atoms with Crippen LogP contribution in [0.1, 0.15) is 13.3 Å². The number of thioether (sulfide) groups is 1. The third-order valence-electron chi connectivity index (χ3n) is 4.57. The largest absolute Gasteiger partial charge is 0.324 e. The summed E-state index contributed by atoms with van der Waals surface area (Å²) in [5, 5.41) is 2.79. The van der Waals surface area contributed by atoms with Crippen LogP contribution in [0.2, 0.25) is 0 Å². The first kappa shape index (κ1) is 19.0. The normalized spacial score (nSPS) is 15.5. The molecule has 1 aromatic heterocycles. The van der Waals surface area contributed by atoms with E-state index in [1.54, 1.807) is 24.3 Å². The zero-order chi connectivity index (χ0) is 20.4. The van der Waals surface area contributed by atoms with Crippen molar-refractivity contribution < 1.29 is 9.59 Å². The Labute approximate surface area is 170 Å². The quantitative estimate of drug-likeness (QED) is 0.559. The fraction of sp³-hybridized carbons (Fsp3) is 0.200. The van der Waals surface area contributed by atoms with Crippen LogP contribution in [-0.4, -0.2) is 26.6 Å². The molecular weight excluding hydrogens is 390 g/mol. The number of rotatable bonds is 5. The van der Waals surface area contributed by atoms with Crippen molar-refractivity contribution in [2.75, 3.05) is 10.7 Å². The number of nitrogens with zero attached hydrogens (tertiary/aromatic N) is 2. The highest BCUT2D eigenvalue weighted by Crippen LogP contribution is 2.36. The van der Waals surface area contributed by atoms with Crippen molar-refractivity contribution in [2.45, 2.75) is 30.0 Å². The van der Waals surface area contributed by atoms with Crippen LogP contribution < -0.4 is 21.7 Å². The van der Waals surface area contributed by atoms with Gasteiger partial charge in [0.25, 0.3) is 5.56 Å². The van der Waals surface area contributed by atoms with Crippen molar-refractivity contribution >= 4 is 46.1 Å². The van der Waals surface area contributed by atoms with Crippen molar-refractivity contribution in [3.63, 3.8) is 0 Å². The minimum atomic E-state index is -0.537. The Hall–Kier alpha value is -3.33. The molecule has 1 aliphatic heterocycles. The molecule has 2 amide bonds. The molecule has 0 aliphatic carbocycles. The van der Waals surface area contributed by atoms with E-state index >= 15 is 0 Å². The molecule has 0 fully saturated rings. The monoisotopic (exact) mass is 409 g/mol. The average Bonchev–Trinajstić information content (AvgIpc) is 2.73. The number of hydrogen-bond acceptors (Lipinski definition) is 6. The number of amides is 2. The Morgan fingerprint density at radius 1 is 1.17 bits per heavy atom. The van der Waals surface area contributed by atoms with Gasteiger partial charge in [0, 0.05) is 17.9 Å². The summed E-state index contributed by atoms with van der Waals surface area (Å²) in [4.78, 5) is 42.6. The molecule has 8 nitrogen and oxygen atoms in total. The van der Waals surface area contributed by atoms with Crippen molar-refractivity contribution in [1.82, 2.24) is 15.0 Å². The van der Waals surface area contributed by atoms with Gasteiger partial charge in [0.05, 0.1) is 21.8 Å². The molecule has 2 heterocycles. The molecule has 0 saturated heterocycles. The molecule has 0 spiro atoms. The van der Waals surface area contributed by atoms with Crippen molar-refractivity contribution in [3.05, 3.63) is 58.9 Å². The molecule has 1 aliphatic rings. The first-order valence-electron chi connectivity index (χ1n) is 9.18. The highest BCUT2D eigenvalue weighted by Gasteiger charge is 2.28. The van der Waals surface area contributed by atoms with Crippen LogP contribution in [0.5, 0.6) is 0 Å². The van der Waals surface area contributed by atoms with Gasteiger partial charge in [0.1, 0.15) is 0 Å². The summed E-state index contributed by atoms with van der Waals surface area (Å²) in [6.07, 6.45) is -0.0121. The smallest absolute Gasteiger partial charge is 0.262 e. The molecule has 148 valence electrons. The lowest BCUT2D eigenvalue weighted by Gasteiger charge is -2.23. The average molecular weight is 409 g/mol. The molecule has 1 atom stereocenters. The maximum atomic E-state index is 12.6. The molecule has 3 aromatic rings. The minimum Gasteiger partial charge on any atom is -0.324 e. The van der Waals surface area contributed by atoms with Crippen molar-refractivity contribution in [1.29, 1.82) is 0 Å². The summed E-state index contributed by atoms with van der Waals surface area (Å²) >= 11 is 1.36. The lowest BCUT2D eigenvalue weighted by molar-refractivity contribution is -0.123. The van der Waals surface area contributed by atoms with E-state index in [4.69, 9.17) is 0 Å². The summed E-state index contributed by atoms with van der Waals surface area (Å²) in [6.45, 7) is 2.22. The van der Waals surface area contributed by atoms with E-state index in [-0.39, 0.29) is 29.7 Å². The third-order valence-corrected chi connectivity index (χ3v) is 5.84. The predicted molar refractivity (Wildman–Crippen MR) is 113 cm³/mol. The molecule has 0 radical (unpaired) electrons. The second-order valence-corrected chi connectivity index (χ2v) is 7.72. The van der Waals surface area contributed by atoms with Crippen LogP contribution >= 0.6 is 11.8 Å². The molecular formula is C20H19N5O3S. The molecule has 29 heavy (non-hydrogen) atoms. The van der Waals surface area contributed by atoms with Gasteiger partial charge in [-0.15, -0.1) is 11.8 Å². The summed E-state index contributed by atoms with van der Waals surface area (Å²) in [5.41, 5.74) is 6.39. The summed E-state index contributed by atoms with van der Waals surface area (Å²) in [7, 11) is 0. The number of aromatic nitrogens is 2. The van der Waals surface area contributed by atoms with Crippen LogP contribution in [0.25, 0.3) is 10.9 Å². The summed E-state index contributed by atoms with van der Waals surface area (Å²) in [6, 6.07) is 14.5. The maximum Gasteiger partial charge on any atom is 0.262 e. The van der Waals surface area contributed by atoms with Crippen LogP contribution in [0.15, 0.2) is 58.2 Å². The van der Waals surface area contributed by atoms with Crippen LogP contribution in [0, 0.1) is 0 Å². The Bertz CT molecular complexity index is 1160. The van der Waals surface area contributed by atoms with Crippen LogP contribution in [0.4, 0.5) is 11.6 Å². The Kier molecular flexibility index (Phi) is 5.22. The van der Waals surface area contributed by atoms with Crippen LogP contribution in [0.3, 0.4) is 0 Å². The number of nitrogens with one attached hydrogen (secondary N) is 3. The van der Waals surface area contributed by atoms with Gasteiger partial charge >= 0.3 is 0 Å². The van der Waals surface area contributed by atoms with Gasteiger partial charge < -0.3 is 5.32 Å². The molecule has 0 bridgehead atoms. The fourth-order valence-corrected chi connectivity index (χ4v) is 4.24. The third kappa shape index (κ3) is 3.81. The number of fused-ring (bicyclic) bond motifs is 2. The van der Waals surface area contributed by atoms with E-state index in [1.165, 1.54) is 16.3 Å². The van der Waals surface area contributed by atoms with Crippen molar-refractivity contribution in [3.8, 4) is 0 Å². The number of hydrogen-bond donors (Lipinski definition) is 3. The first-order valence-corrected chi connectivity index (χ1v) is 10.1. The molecule has 0 saturated carbocycles. The molecule has 4 rings (SSSR count). The number of benzene rings is 2. The van der Waals surface area contributed by atoms with E-state index in [9.17, 15) is 14.4 Å². The van der Waals surface area contributed by atoms with E-state index in [1.807, 2.05) is 31.2 Å². The van der Waals surface area contributed by atoms with Gasteiger partial charge in [-0.3, -0.25) is 29.8 Å². The zero-order valence-electron chi connectivity index (χ0n) is 15.6. The number of para-hydroxylation sites is 2. The maximum absolute atomic E-state index is 12.6. The summed E-state index contributed by atoms with van der Waals surface area (Å²) in [5.74, 6) is -0.337. The van der Waals surface area contributed by atoms with E-state index < -0.39 is 5.25 Å². The van der Waals surface area contributed by atoms with E-state index in [2.05, 4.69) is 21.2 Å². The Morgan fingerprint density at radius 2 is 1.93 bits per heavy atom. The topological polar surface area (TPSA) is 105 Å². The Balaban J connectivity index is 1.46.